The van der Waals surface area contributed by atoms with Gasteiger partial charge in [0.05, 0.1) is 11.7 Å². The number of aryl methyl sites for hydroxylation is 2. The summed E-state index contributed by atoms with van der Waals surface area (Å²) in [6.07, 6.45) is 3.92. The number of hydrogen-bond acceptors (Lipinski definition) is 4. The lowest BCUT2D eigenvalue weighted by atomic mass is 9.86. The maximum Gasteiger partial charge on any atom is 0.275 e. The third-order valence-electron chi connectivity index (χ3n) is 6.98. The monoisotopic (exact) mass is 472 g/mol. The summed E-state index contributed by atoms with van der Waals surface area (Å²) in [7, 11) is 0. The molecule has 1 unspecified atom stereocenters. The Labute approximate surface area is 208 Å². The third-order valence-corrected chi connectivity index (χ3v) is 6.98. The molecule has 1 fully saturated rings. The molecule has 6 heteroatoms. The predicted molar refractivity (Wildman–Crippen MR) is 140 cm³/mol. The van der Waals surface area contributed by atoms with Crippen molar-refractivity contribution in [1.82, 2.24) is 20.0 Å². The second kappa shape index (κ2) is 10.2. The van der Waals surface area contributed by atoms with Crippen LogP contribution in [0.5, 0.6) is 0 Å². The van der Waals surface area contributed by atoms with E-state index in [0.717, 1.165) is 37.2 Å². The quantitative estimate of drug-likeness (QED) is 0.564. The molecule has 6 nitrogen and oxygen atoms in total. The summed E-state index contributed by atoms with van der Waals surface area (Å²) in [5.74, 6) is -0.441. The van der Waals surface area contributed by atoms with Crippen LogP contribution >= 0.6 is 0 Å². The Bertz CT molecular complexity index is 1250. The van der Waals surface area contributed by atoms with E-state index in [1.165, 1.54) is 22.8 Å². The number of aromatic nitrogens is 2. The van der Waals surface area contributed by atoms with Gasteiger partial charge in [-0.05, 0) is 79.6 Å². The molecule has 0 spiro atoms. The van der Waals surface area contributed by atoms with Crippen molar-refractivity contribution in [2.24, 2.45) is 0 Å². The van der Waals surface area contributed by atoms with Gasteiger partial charge >= 0.3 is 0 Å². The molecule has 184 valence electrons. The van der Waals surface area contributed by atoms with Crippen molar-refractivity contribution in [2.45, 2.75) is 58.9 Å². The average molecular weight is 473 g/mol. The normalized spacial score (nSPS) is 15.2. The van der Waals surface area contributed by atoms with Crippen molar-refractivity contribution in [2.75, 3.05) is 19.6 Å². The first kappa shape index (κ1) is 24.9. The Balaban J connectivity index is 1.55. The Morgan fingerprint density at radius 2 is 1.69 bits per heavy atom. The summed E-state index contributed by atoms with van der Waals surface area (Å²) in [5.41, 5.74) is 5.20. The highest BCUT2D eigenvalue weighted by molar-refractivity contribution is 5.92. The zero-order valence-corrected chi connectivity index (χ0v) is 21.5. The topological polar surface area (TPSA) is 67.2 Å². The number of hydrogen-bond donors (Lipinski definition) is 1. The smallest absolute Gasteiger partial charge is 0.275 e. The number of carbonyl (C=O) groups excluding carboxylic acids is 1. The van der Waals surface area contributed by atoms with Gasteiger partial charge in [-0.3, -0.25) is 14.5 Å². The van der Waals surface area contributed by atoms with E-state index in [1.54, 1.807) is 10.9 Å². The van der Waals surface area contributed by atoms with Gasteiger partial charge in [-0.2, -0.15) is 5.10 Å². The van der Waals surface area contributed by atoms with Gasteiger partial charge in [-0.25, -0.2) is 4.68 Å². The Morgan fingerprint density at radius 3 is 2.31 bits per heavy atom. The highest BCUT2D eigenvalue weighted by Crippen LogP contribution is 2.28. The lowest BCUT2D eigenvalue weighted by Crippen LogP contribution is -2.39. The zero-order chi connectivity index (χ0) is 25.2. The number of amides is 1. The van der Waals surface area contributed by atoms with Crippen molar-refractivity contribution < 1.29 is 4.79 Å². The second-order valence-corrected chi connectivity index (χ2v) is 10.6. The molecular weight excluding hydrogens is 436 g/mol. The number of nitrogens with one attached hydrogen (secondary N) is 1. The van der Waals surface area contributed by atoms with Crippen LogP contribution in [-0.4, -0.2) is 40.2 Å². The Morgan fingerprint density at radius 1 is 1.00 bits per heavy atom. The number of carbonyl (C=O) groups is 1. The molecule has 1 aliphatic heterocycles. The van der Waals surface area contributed by atoms with Gasteiger partial charge in [0, 0.05) is 18.8 Å². The largest absolute Gasteiger partial charge is 0.349 e. The fourth-order valence-corrected chi connectivity index (χ4v) is 4.57. The SMILES string of the molecule is Cc1ccc(-n2ccc(=O)c(C(=O)NCC(c3ccc(C(C)(C)C)cc3)N3CCCC3)n2)cc1C. The molecule has 0 saturated carbocycles. The Hall–Kier alpha value is -3.25. The van der Waals surface area contributed by atoms with E-state index in [9.17, 15) is 9.59 Å². The fraction of sp³-hybridized carbons (Fsp3) is 0.414. The zero-order valence-electron chi connectivity index (χ0n) is 21.5. The van der Waals surface area contributed by atoms with E-state index in [2.05, 4.69) is 60.4 Å². The molecule has 1 atom stereocenters. The molecule has 2 heterocycles. The Kier molecular flexibility index (Phi) is 7.22. The molecule has 2 aromatic carbocycles. The van der Waals surface area contributed by atoms with E-state index < -0.39 is 5.91 Å². The summed E-state index contributed by atoms with van der Waals surface area (Å²) in [4.78, 5) is 28.0. The first-order valence-corrected chi connectivity index (χ1v) is 12.4. The van der Waals surface area contributed by atoms with Gasteiger partial charge in [0.1, 0.15) is 0 Å². The molecule has 0 aliphatic carbocycles. The van der Waals surface area contributed by atoms with Crippen LogP contribution in [-0.2, 0) is 5.41 Å². The summed E-state index contributed by atoms with van der Waals surface area (Å²) in [6.45, 7) is 13.1. The summed E-state index contributed by atoms with van der Waals surface area (Å²) < 4.78 is 1.59. The van der Waals surface area contributed by atoms with Gasteiger partial charge in [0.2, 0.25) is 5.43 Å². The van der Waals surface area contributed by atoms with E-state index >= 15 is 0 Å². The number of rotatable bonds is 6. The molecule has 1 aliphatic rings. The molecule has 4 rings (SSSR count). The van der Waals surface area contributed by atoms with Crippen LogP contribution in [0.2, 0.25) is 0 Å². The number of nitrogens with zero attached hydrogens (tertiary/aromatic N) is 3. The van der Waals surface area contributed by atoms with Crippen molar-refractivity contribution in [1.29, 1.82) is 0 Å². The van der Waals surface area contributed by atoms with E-state index in [-0.39, 0.29) is 22.6 Å². The maximum atomic E-state index is 13.1. The van der Waals surface area contributed by atoms with Crippen LogP contribution in [0.15, 0.2) is 59.5 Å². The van der Waals surface area contributed by atoms with Crippen molar-refractivity contribution in [3.63, 3.8) is 0 Å². The molecule has 1 N–H and O–H groups in total. The lowest BCUT2D eigenvalue weighted by molar-refractivity contribution is 0.0930. The first-order chi connectivity index (χ1) is 16.6. The van der Waals surface area contributed by atoms with Crippen LogP contribution in [0.4, 0.5) is 0 Å². The molecular formula is C29H36N4O2. The van der Waals surface area contributed by atoms with Crippen molar-refractivity contribution in [3.8, 4) is 5.69 Å². The predicted octanol–water partition coefficient (Wildman–Crippen LogP) is 4.71. The summed E-state index contributed by atoms with van der Waals surface area (Å²) in [5, 5.41) is 7.38. The molecule has 1 saturated heterocycles. The molecule has 35 heavy (non-hydrogen) atoms. The van der Waals surface area contributed by atoms with Crippen LogP contribution in [0, 0.1) is 13.8 Å². The van der Waals surface area contributed by atoms with Crippen LogP contribution in [0.1, 0.15) is 72.4 Å². The summed E-state index contributed by atoms with van der Waals surface area (Å²) in [6, 6.07) is 16.1. The third kappa shape index (κ3) is 5.70. The minimum atomic E-state index is -0.441. The highest BCUT2D eigenvalue weighted by atomic mass is 16.2. The first-order valence-electron chi connectivity index (χ1n) is 12.4. The lowest BCUT2D eigenvalue weighted by Gasteiger charge is -2.29. The van der Waals surface area contributed by atoms with Gasteiger partial charge in [0.25, 0.3) is 5.91 Å². The molecule has 3 aromatic rings. The average Bonchev–Trinajstić information content (AvgIpc) is 3.35. The van der Waals surface area contributed by atoms with Crippen LogP contribution < -0.4 is 10.7 Å². The summed E-state index contributed by atoms with van der Waals surface area (Å²) >= 11 is 0. The van der Waals surface area contributed by atoms with Gasteiger partial charge in [-0.1, -0.05) is 51.1 Å². The van der Waals surface area contributed by atoms with E-state index in [4.69, 9.17) is 0 Å². The maximum absolute atomic E-state index is 13.1. The van der Waals surface area contributed by atoms with Crippen molar-refractivity contribution >= 4 is 5.91 Å². The number of benzene rings is 2. The van der Waals surface area contributed by atoms with Crippen molar-refractivity contribution in [3.05, 3.63) is 92.9 Å². The second-order valence-electron chi connectivity index (χ2n) is 10.6. The molecule has 0 radical (unpaired) electrons. The minimum absolute atomic E-state index is 0.0566. The molecule has 1 amide bonds. The highest BCUT2D eigenvalue weighted by Gasteiger charge is 2.25. The van der Waals surface area contributed by atoms with Gasteiger partial charge in [-0.15, -0.1) is 0 Å². The van der Waals surface area contributed by atoms with Gasteiger partial charge in [0.15, 0.2) is 5.69 Å². The van der Waals surface area contributed by atoms with E-state index in [1.807, 2.05) is 32.0 Å². The molecule has 0 bridgehead atoms. The standard InChI is InChI=1S/C29H36N4O2/c1-20-8-13-24(18-21(20)2)33-17-14-26(34)27(31-33)28(35)30-19-25(32-15-6-7-16-32)22-9-11-23(12-10-22)29(3,4)5/h8-14,17-18,25H,6-7,15-16,19H2,1-5H3,(H,30,35). The van der Waals surface area contributed by atoms with Crippen LogP contribution in [0.3, 0.4) is 0 Å². The molecule has 1 aromatic heterocycles. The van der Waals surface area contributed by atoms with Gasteiger partial charge < -0.3 is 5.32 Å². The van der Waals surface area contributed by atoms with Crippen LogP contribution in [0.25, 0.3) is 5.69 Å². The fourth-order valence-electron chi connectivity index (χ4n) is 4.57. The number of likely N-dealkylation sites (tertiary alicyclic amines) is 1. The van der Waals surface area contributed by atoms with E-state index in [0.29, 0.717) is 6.54 Å². The minimum Gasteiger partial charge on any atom is -0.349 e.